The number of nitrogens with zero attached hydrogens (tertiary/aromatic N) is 5. The molecule has 0 radical (unpaired) electrons. The number of nitriles is 1. The first kappa shape index (κ1) is 23.6. The molecule has 1 aliphatic heterocycles. The predicted octanol–water partition coefficient (Wildman–Crippen LogP) is 5.60. The van der Waals surface area contributed by atoms with Gasteiger partial charge in [-0.1, -0.05) is 19.9 Å². The Hall–Kier alpha value is -4.18. The van der Waals surface area contributed by atoms with E-state index >= 15 is 0 Å². The number of aromatic nitrogens is 3. The Kier molecular flexibility index (Phi) is 6.43. The molecule has 0 spiro atoms. The van der Waals surface area contributed by atoms with Crippen molar-refractivity contribution in [1.82, 2.24) is 14.5 Å². The molecule has 5 rings (SSSR count). The fraction of sp³-hybridized carbons (Fsp3) is 0.310. The summed E-state index contributed by atoms with van der Waals surface area (Å²) in [5.74, 6) is 1.41. The Morgan fingerprint density at radius 1 is 1.14 bits per heavy atom. The number of carbonyl (C=O) groups excluding carboxylic acids is 1. The number of rotatable bonds is 5. The van der Waals surface area contributed by atoms with Crippen LogP contribution in [0.4, 0.5) is 11.6 Å². The number of hydrogen-bond acceptors (Lipinski definition) is 5. The molecule has 2 aromatic carbocycles. The van der Waals surface area contributed by atoms with Gasteiger partial charge in [0.15, 0.2) is 0 Å². The number of anilines is 2. The topological polar surface area (TPSA) is 86.8 Å². The lowest BCUT2D eigenvalue weighted by Gasteiger charge is -2.32. The molecule has 1 aliphatic rings. The number of fused-ring (bicyclic) bond motifs is 1. The molecule has 1 amide bonds. The van der Waals surface area contributed by atoms with Gasteiger partial charge in [0.25, 0.3) is 5.91 Å². The Morgan fingerprint density at radius 2 is 1.94 bits per heavy atom. The lowest BCUT2D eigenvalue weighted by Crippen LogP contribution is -2.34. The Balaban J connectivity index is 1.34. The fourth-order valence-corrected chi connectivity index (χ4v) is 4.99. The molecule has 0 unspecified atom stereocenters. The van der Waals surface area contributed by atoms with Crippen molar-refractivity contribution in [3.8, 4) is 6.07 Å². The van der Waals surface area contributed by atoms with E-state index in [2.05, 4.69) is 65.1 Å². The van der Waals surface area contributed by atoms with E-state index in [-0.39, 0.29) is 5.91 Å². The van der Waals surface area contributed by atoms with Gasteiger partial charge in [-0.25, -0.2) is 9.97 Å². The lowest BCUT2D eigenvalue weighted by atomic mass is 9.89. The monoisotopic (exact) mass is 478 g/mol. The normalized spacial score (nSPS) is 14.2. The standard InChI is InChI=1S/C29H30N6O/c1-19(2)26-9-12-31-29(33-26)35-13-10-21(11-14-35)25-18-34(3)27-8-7-23(16-24(25)27)32-28(36)22-6-4-5-20(15-22)17-30/h4-9,12,15-16,18-19,21H,10-11,13-14H2,1-3H3,(H,32,36). The van der Waals surface area contributed by atoms with Gasteiger partial charge in [-0.2, -0.15) is 5.26 Å². The summed E-state index contributed by atoms with van der Waals surface area (Å²) in [6.07, 6.45) is 6.13. The predicted molar refractivity (Wildman–Crippen MR) is 142 cm³/mol. The largest absolute Gasteiger partial charge is 0.350 e. The Labute approximate surface area is 211 Å². The van der Waals surface area contributed by atoms with Crippen molar-refractivity contribution in [3.63, 3.8) is 0 Å². The summed E-state index contributed by atoms with van der Waals surface area (Å²) in [4.78, 5) is 24.4. The van der Waals surface area contributed by atoms with Crippen LogP contribution in [-0.4, -0.2) is 33.5 Å². The number of nitrogens with one attached hydrogen (secondary N) is 1. The third kappa shape index (κ3) is 4.67. The van der Waals surface area contributed by atoms with Crippen molar-refractivity contribution in [2.45, 2.75) is 38.5 Å². The van der Waals surface area contributed by atoms with Crippen LogP contribution in [0.5, 0.6) is 0 Å². The van der Waals surface area contributed by atoms with E-state index in [1.54, 1.807) is 24.3 Å². The molecule has 0 bridgehead atoms. The summed E-state index contributed by atoms with van der Waals surface area (Å²) < 4.78 is 2.16. The van der Waals surface area contributed by atoms with Crippen molar-refractivity contribution in [3.05, 3.63) is 83.3 Å². The molecule has 0 aliphatic carbocycles. The Morgan fingerprint density at radius 3 is 2.69 bits per heavy atom. The number of aryl methyl sites for hydroxylation is 1. The van der Waals surface area contributed by atoms with E-state index in [9.17, 15) is 4.79 Å². The average Bonchev–Trinajstić information content (AvgIpc) is 3.24. The molecule has 2 aromatic heterocycles. The fourth-order valence-electron chi connectivity index (χ4n) is 4.99. The molecule has 0 saturated carbocycles. The third-order valence-corrected chi connectivity index (χ3v) is 7.01. The van der Waals surface area contributed by atoms with Crippen LogP contribution in [0, 0.1) is 11.3 Å². The minimum atomic E-state index is -0.221. The van der Waals surface area contributed by atoms with Gasteiger partial charge in [0.2, 0.25) is 5.95 Å². The van der Waals surface area contributed by atoms with Gasteiger partial charge in [0, 0.05) is 60.4 Å². The summed E-state index contributed by atoms with van der Waals surface area (Å²) in [6, 6.07) is 16.9. The van der Waals surface area contributed by atoms with Crippen LogP contribution < -0.4 is 10.2 Å². The maximum atomic E-state index is 12.8. The summed E-state index contributed by atoms with van der Waals surface area (Å²) in [5, 5.41) is 13.3. The summed E-state index contributed by atoms with van der Waals surface area (Å²) in [6.45, 7) is 6.13. The van der Waals surface area contributed by atoms with Crippen molar-refractivity contribution < 1.29 is 4.79 Å². The average molecular weight is 479 g/mol. The summed E-state index contributed by atoms with van der Waals surface area (Å²) >= 11 is 0. The molecule has 7 nitrogen and oxygen atoms in total. The van der Waals surface area contributed by atoms with Gasteiger partial charge in [-0.15, -0.1) is 0 Å². The van der Waals surface area contributed by atoms with Gasteiger partial charge in [-0.3, -0.25) is 4.79 Å². The molecule has 0 atom stereocenters. The number of amides is 1. The van der Waals surface area contributed by atoms with E-state index in [0.29, 0.717) is 23.0 Å². The van der Waals surface area contributed by atoms with Crippen LogP contribution in [0.3, 0.4) is 0 Å². The highest BCUT2D eigenvalue weighted by Crippen LogP contribution is 2.36. The highest BCUT2D eigenvalue weighted by atomic mass is 16.1. The number of piperidine rings is 1. The van der Waals surface area contributed by atoms with E-state index in [0.717, 1.165) is 54.2 Å². The second kappa shape index (κ2) is 9.82. The van der Waals surface area contributed by atoms with Crippen LogP contribution in [0.2, 0.25) is 0 Å². The Bertz CT molecular complexity index is 1460. The zero-order valence-corrected chi connectivity index (χ0v) is 20.9. The molecule has 4 aromatic rings. The number of carbonyl (C=O) groups is 1. The molecular weight excluding hydrogens is 448 g/mol. The smallest absolute Gasteiger partial charge is 0.255 e. The molecule has 1 saturated heterocycles. The van der Waals surface area contributed by atoms with Crippen LogP contribution in [0.15, 0.2) is 60.9 Å². The minimum Gasteiger partial charge on any atom is -0.350 e. The highest BCUT2D eigenvalue weighted by Gasteiger charge is 2.25. The van der Waals surface area contributed by atoms with Gasteiger partial charge in [-0.05, 0) is 72.7 Å². The van der Waals surface area contributed by atoms with E-state index in [1.165, 1.54) is 5.56 Å². The van der Waals surface area contributed by atoms with E-state index in [1.807, 2.05) is 18.3 Å². The minimum absolute atomic E-state index is 0.221. The SMILES string of the molecule is CC(C)c1ccnc(N2CCC(c3cn(C)c4ccc(NC(=O)c5cccc(C#N)c5)cc34)CC2)n1. The highest BCUT2D eigenvalue weighted by molar-refractivity contribution is 6.05. The molecule has 182 valence electrons. The quantitative estimate of drug-likeness (QED) is 0.403. The van der Waals surface area contributed by atoms with Crippen LogP contribution in [0.25, 0.3) is 10.9 Å². The first-order chi connectivity index (χ1) is 17.4. The first-order valence-electron chi connectivity index (χ1n) is 12.4. The maximum Gasteiger partial charge on any atom is 0.255 e. The van der Waals surface area contributed by atoms with Crippen molar-refractivity contribution in [2.24, 2.45) is 7.05 Å². The van der Waals surface area contributed by atoms with Crippen LogP contribution in [0.1, 0.15) is 65.7 Å². The second-order valence-corrected chi connectivity index (χ2v) is 9.77. The third-order valence-electron chi connectivity index (χ3n) is 7.01. The lowest BCUT2D eigenvalue weighted by molar-refractivity contribution is 0.102. The molecule has 3 heterocycles. The van der Waals surface area contributed by atoms with Crippen LogP contribution in [-0.2, 0) is 7.05 Å². The summed E-state index contributed by atoms with van der Waals surface area (Å²) in [5.41, 5.74) is 5.22. The second-order valence-electron chi connectivity index (χ2n) is 9.77. The van der Waals surface area contributed by atoms with Crippen molar-refractivity contribution in [2.75, 3.05) is 23.3 Å². The maximum absolute atomic E-state index is 12.8. The van der Waals surface area contributed by atoms with Gasteiger partial charge in [0.05, 0.1) is 11.6 Å². The first-order valence-corrected chi connectivity index (χ1v) is 12.4. The van der Waals surface area contributed by atoms with Crippen LogP contribution >= 0.6 is 0 Å². The van der Waals surface area contributed by atoms with Gasteiger partial charge < -0.3 is 14.8 Å². The van der Waals surface area contributed by atoms with Crippen molar-refractivity contribution in [1.29, 1.82) is 5.26 Å². The van der Waals surface area contributed by atoms with E-state index in [4.69, 9.17) is 10.2 Å². The molecular formula is C29H30N6O. The molecule has 36 heavy (non-hydrogen) atoms. The zero-order valence-electron chi connectivity index (χ0n) is 20.9. The molecule has 1 fully saturated rings. The summed E-state index contributed by atoms with van der Waals surface area (Å²) in [7, 11) is 2.07. The van der Waals surface area contributed by atoms with Crippen molar-refractivity contribution >= 4 is 28.4 Å². The number of hydrogen-bond donors (Lipinski definition) is 1. The van der Waals surface area contributed by atoms with Gasteiger partial charge in [0.1, 0.15) is 0 Å². The van der Waals surface area contributed by atoms with E-state index < -0.39 is 0 Å². The number of benzene rings is 2. The molecule has 7 heteroatoms. The molecule has 1 N–H and O–H groups in total. The zero-order chi connectivity index (χ0) is 25.2. The van der Waals surface area contributed by atoms with Gasteiger partial charge >= 0.3 is 0 Å².